The molecule has 8 aromatic carbocycles. The number of phenolic OH excluding ortho intramolecular Hbond substituents is 4. The predicted octanol–water partition coefficient (Wildman–Crippen LogP) is 11.1. The fraction of sp³-hybridized carbons (Fsp3) is 0.127. The number of aliphatic hydroxyl groups is 1. The Morgan fingerprint density at radius 3 is 0.909 bits per heavy atom. The highest BCUT2D eigenvalue weighted by Gasteiger charge is 2.14. The van der Waals surface area contributed by atoms with Crippen LogP contribution in [-0.4, -0.2) is 25.5 Å². The number of aliphatic hydroxyl groups excluding tert-OH is 1. The van der Waals surface area contributed by atoms with E-state index in [1.807, 2.05) is 78.9 Å². The second-order valence-corrected chi connectivity index (χ2v) is 15.5. The van der Waals surface area contributed by atoms with Gasteiger partial charge in [0.2, 0.25) is 0 Å². The first-order valence-corrected chi connectivity index (χ1v) is 21.2. The normalized spacial score (nSPS) is 10.9. The Kier molecular flexibility index (Phi) is 14.4. The smallest absolute Gasteiger partial charge is 0.162 e. The first kappa shape index (κ1) is 44.3. The van der Waals surface area contributed by atoms with Crippen molar-refractivity contribution in [3.05, 3.63) is 215 Å². The molecule has 0 amide bonds. The van der Waals surface area contributed by atoms with Gasteiger partial charge in [0.25, 0.3) is 0 Å². The second-order valence-electron chi connectivity index (χ2n) is 15.5. The van der Waals surface area contributed by atoms with Crippen molar-refractivity contribution >= 4 is 0 Å². The largest absolute Gasteiger partial charge is 0.508 e. The minimum atomic E-state index is -0.0691. The lowest BCUT2D eigenvalue weighted by atomic mass is 10.0. The van der Waals surface area contributed by atoms with Gasteiger partial charge in [0.1, 0.15) is 74.1 Å². The average molecular weight is 885 g/mol. The van der Waals surface area contributed by atoms with Crippen LogP contribution >= 0.6 is 0 Å². The van der Waals surface area contributed by atoms with Crippen molar-refractivity contribution in [2.75, 3.05) is 0 Å². The lowest BCUT2D eigenvalue weighted by Crippen LogP contribution is -2.03. The Morgan fingerprint density at radius 2 is 0.561 bits per heavy atom. The van der Waals surface area contributed by atoms with Crippen molar-refractivity contribution < 1.29 is 54.0 Å². The van der Waals surface area contributed by atoms with Gasteiger partial charge < -0.3 is 54.0 Å². The summed E-state index contributed by atoms with van der Waals surface area (Å²) in [5, 5.41) is 48.7. The highest BCUT2D eigenvalue weighted by atomic mass is 16.5. The third kappa shape index (κ3) is 12.5. The second kappa shape index (κ2) is 21.4. The molecule has 8 rings (SSSR count). The topological polar surface area (TPSA) is 157 Å². The van der Waals surface area contributed by atoms with Gasteiger partial charge in [-0.25, -0.2) is 0 Å². The van der Waals surface area contributed by atoms with E-state index in [1.54, 1.807) is 97.1 Å². The van der Waals surface area contributed by atoms with Gasteiger partial charge in [-0.05, 0) is 135 Å². The minimum absolute atomic E-state index is 0.0691. The SMILES string of the molecule is OCc1ccc(-c2cc(OCc3ccc(OCc4ccc(O)cc4)c(OCc4ccc(O)cc4)c3)cc(OCc3ccc(OCc4ccc(O)cc4)c(OCc4ccc(O)cc4)c3)c2)cc1. The molecule has 334 valence electrons. The summed E-state index contributed by atoms with van der Waals surface area (Å²) in [5.74, 6) is 3.87. The summed E-state index contributed by atoms with van der Waals surface area (Å²) >= 11 is 0. The Morgan fingerprint density at radius 1 is 0.258 bits per heavy atom. The molecule has 0 heterocycles. The quantitative estimate of drug-likeness (QED) is 0.0496. The van der Waals surface area contributed by atoms with E-state index in [2.05, 4.69) is 0 Å². The van der Waals surface area contributed by atoms with Gasteiger partial charge in [0, 0.05) is 6.07 Å². The third-order valence-corrected chi connectivity index (χ3v) is 10.5. The van der Waals surface area contributed by atoms with E-state index in [-0.39, 0.29) is 69.2 Å². The van der Waals surface area contributed by atoms with Crippen molar-refractivity contribution in [2.24, 2.45) is 0 Å². The summed E-state index contributed by atoms with van der Waals surface area (Å²) in [4.78, 5) is 0. The lowest BCUT2D eigenvalue weighted by Gasteiger charge is -2.17. The Labute approximate surface area is 382 Å². The summed E-state index contributed by atoms with van der Waals surface area (Å²) in [7, 11) is 0. The number of phenols is 4. The first-order valence-electron chi connectivity index (χ1n) is 21.2. The Hall–Kier alpha value is -8.28. The van der Waals surface area contributed by atoms with Crippen LogP contribution in [0.3, 0.4) is 0 Å². The van der Waals surface area contributed by atoms with E-state index < -0.39 is 0 Å². The highest BCUT2D eigenvalue weighted by Crippen LogP contribution is 2.35. The van der Waals surface area contributed by atoms with Crippen molar-refractivity contribution in [1.29, 1.82) is 0 Å². The summed E-state index contributed by atoms with van der Waals surface area (Å²) < 4.78 is 37.8. The molecule has 0 spiro atoms. The maximum Gasteiger partial charge on any atom is 0.162 e. The van der Waals surface area contributed by atoms with Crippen molar-refractivity contribution in [1.82, 2.24) is 0 Å². The molecule has 0 saturated heterocycles. The molecule has 0 unspecified atom stereocenters. The number of hydrogen-bond donors (Lipinski definition) is 5. The van der Waals surface area contributed by atoms with Gasteiger partial charge in [-0.1, -0.05) is 84.9 Å². The van der Waals surface area contributed by atoms with Crippen LogP contribution in [-0.2, 0) is 46.2 Å². The molecule has 0 radical (unpaired) electrons. The summed E-state index contributed by atoms with van der Waals surface area (Å²) in [6, 6.07) is 51.8. The van der Waals surface area contributed by atoms with E-state index >= 15 is 0 Å². The third-order valence-electron chi connectivity index (χ3n) is 10.5. The molecule has 0 atom stereocenters. The van der Waals surface area contributed by atoms with Crippen LogP contribution in [0.5, 0.6) is 57.5 Å². The van der Waals surface area contributed by atoms with Crippen molar-refractivity contribution in [3.8, 4) is 68.6 Å². The monoisotopic (exact) mass is 884 g/mol. The van der Waals surface area contributed by atoms with Crippen LogP contribution in [0, 0.1) is 0 Å². The van der Waals surface area contributed by atoms with E-state index in [9.17, 15) is 25.5 Å². The van der Waals surface area contributed by atoms with Crippen LogP contribution in [0.15, 0.2) is 176 Å². The van der Waals surface area contributed by atoms with E-state index in [0.717, 1.165) is 50.1 Å². The van der Waals surface area contributed by atoms with Gasteiger partial charge in [-0.2, -0.15) is 0 Å². The molecule has 0 aliphatic heterocycles. The molecule has 0 aromatic heterocycles. The molecule has 0 bridgehead atoms. The van der Waals surface area contributed by atoms with Crippen LogP contribution < -0.4 is 28.4 Å². The number of benzene rings is 8. The van der Waals surface area contributed by atoms with Gasteiger partial charge in [-0.3, -0.25) is 0 Å². The van der Waals surface area contributed by atoms with Crippen LogP contribution in [0.1, 0.15) is 38.9 Å². The molecule has 5 N–H and O–H groups in total. The Bertz CT molecular complexity index is 2640. The van der Waals surface area contributed by atoms with Gasteiger partial charge >= 0.3 is 0 Å². The Balaban J connectivity index is 1.01. The molecule has 66 heavy (non-hydrogen) atoms. The van der Waals surface area contributed by atoms with Gasteiger partial charge in [0.05, 0.1) is 6.61 Å². The van der Waals surface area contributed by atoms with E-state index in [0.29, 0.717) is 34.5 Å². The molecule has 11 nitrogen and oxygen atoms in total. The molecular weight excluding hydrogens is 837 g/mol. The lowest BCUT2D eigenvalue weighted by molar-refractivity contribution is 0.253. The number of rotatable bonds is 20. The summed E-state index contributed by atoms with van der Waals surface area (Å²) in [6.45, 7) is 1.29. The van der Waals surface area contributed by atoms with Gasteiger partial charge in [-0.15, -0.1) is 0 Å². The van der Waals surface area contributed by atoms with Crippen LogP contribution in [0.2, 0.25) is 0 Å². The fourth-order valence-electron chi connectivity index (χ4n) is 6.80. The molecule has 0 aliphatic rings. The molecule has 0 fully saturated rings. The van der Waals surface area contributed by atoms with Crippen LogP contribution in [0.4, 0.5) is 0 Å². The summed E-state index contributed by atoms with van der Waals surface area (Å²) in [6.07, 6.45) is 0. The highest BCUT2D eigenvalue weighted by molar-refractivity contribution is 5.67. The number of hydrogen-bond acceptors (Lipinski definition) is 11. The minimum Gasteiger partial charge on any atom is -0.508 e. The maximum atomic E-state index is 9.78. The van der Waals surface area contributed by atoms with Crippen molar-refractivity contribution in [2.45, 2.75) is 46.2 Å². The molecule has 8 aromatic rings. The average Bonchev–Trinajstić information content (AvgIpc) is 3.35. The fourth-order valence-corrected chi connectivity index (χ4v) is 6.80. The van der Waals surface area contributed by atoms with Gasteiger partial charge in [0.15, 0.2) is 23.0 Å². The van der Waals surface area contributed by atoms with E-state index in [1.165, 1.54) is 0 Å². The maximum absolute atomic E-state index is 9.78. The first-order chi connectivity index (χ1) is 32.2. The van der Waals surface area contributed by atoms with Crippen LogP contribution in [0.25, 0.3) is 11.1 Å². The zero-order valence-corrected chi connectivity index (χ0v) is 35.9. The zero-order chi connectivity index (χ0) is 45.7. The molecule has 11 heteroatoms. The molecular formula is C55H48O11. The molecule has 0 saturated carbocycles. The summed E-state index contributed by atoms with van der Waals surface area (Å²) in [5.41, 5.74) is 7.66. The number of ether oxygens (including phenoxy) is 6. The predicted molar refractivity (Wildman–Crippen MR) is 249 cm³/mol. The van der Waals surface area contributed by atoms with E-state index in [4.69, 9.17) is 28.4 Å². The zero-order valence-electron chi connectivity index (χ0n) is 35.9. The number of aromatic hydroxyl groups is 4. The van der Waals surface area contributed by atoms with Crippen molar-refractivity contribution in [3.63, 3.8) is 0 Å². The standard InChI is InChI=1S/C55H48O11/c56-30-37-1-13-44(14-2-37)45-27-50(61-35-42-11-23-52(63-31-38-3-15-46(57)16-4-38)54(25-42)65-33-40-7-19-48(59)20-8-40)29-51(28-45)62-36-43-12-24-53(64-32-39-5-17-47(58)18-6-39)55(26-43)66-34-41-9-21-49(60)22-10-41/h1-29,56-60H,30-36H2. The molecule has 0 aliphatic carbocycles.